The fraction of sp³-hybridized carbons (Fsp3) is 0.289. The Labute approximate surface area is 234 Å². The summed E-state index contributed by atoms with van der Waals surface area (Å²) in [6.07, 6.45) is 2.30. The first-order valence-electron chi connectivity index (χ1n) is 14.2. The van der Waals surface area contributed by atoms with Gasteiger partial charge >= 0.3 is 0 Å². The molecule has 4 aromatic carbocycles. The zero-order valence-electron chi connectivity index (χ0n) is 25.0. The summed E-state index contributed by atoms with van der Waals surface area (Å²) in [7, 11) is 2.19. The van der Waals surface area contributed by atoms with Gasteiger partial charge in [-0.2, -0.15) is 0 Å². The molecule has 1 aromatic heterocycles. The molecule has 0 unspecified atom stereocenters. The van der Waals surface area contributed by atoms with Gasteiger partial charge in [-0.3, -0.25) is 0 Å². The predicted octanol–water partition coefficient (Wildman–Crippen LogP) is 9.47. The van der Waals surface area contributed by atoms with Crippen molar-refractivity contribution < 1.29 is 4.57 Å². The predicted molar refractivity (Wildman–Crippen MR) is 166 cm³/mol. The second kappa shape index (κ2) is 8.65. The molecule has 0 saturated heterocycles. The zero-order chi connectivity index (χ0) is 27.9. The van der Waals surface area contributed by atoms with Crippen LogP contribution < -0.4 is 4.57 Å². The van der Waals surface area contributed by atoms with E-state index in [-0.39, 0.29) is 10.8 Å². The van der Waals surface area contributed by atoms with Gasteiger partial charge in [-0.15, -0.1) is 0 Å². The monoisotopic (exact) mass is 510 g/mol. The molecule has 0 fully saturated rings. The van der Waals surface area contributed by atoms with Crippen LogP contribution in [0, 0.1) is 27.7 Å². The van der Waals surface area contributed by atoms with Crippen LogP contribution in [0.15, 0.2) is 79.0 Å². The summed E-state index contributed by atoms with van der Waals surface area (Å²) in [5.41, 5.74) is 16.1. The molecule has 39 heavy (non-hydrogen) atoms. The fourth-order valence-corrected chi connectivity index (χ4v) is 7.02. The Morgan fingerprint density at radius 2 is 1.21 bits per heavy atom. The number of nitrogens with zero attached hydrogens (tertiary/aromatic N) is 1. The lowest BCUT2D eigenvalue weighted by molar-refractivity contribution is -0.660. The maximum absolute atomic E-state index is 2.51. The lowest BCUT2D eigenvalue weighted by Gasteiger charge is -2.49. The van der Waals surface area contributed by atoms with Crippen LogP contribution in [0.4, 0.5) is 0 Å². The summed E-state index contributed by atoms with van der Waals surface area (Å²) in [6, 6.07) is 27.6. The van der Waals surface area contributed by atoms with E-state index in [1.54, 1.807) is 0 Å². The second-order valence-electron chi connectivity index (χ2n) is 12.8. The highest BCUT2D eigenvalue weighted by atomic mass is 14.9. The van der Waals surface area contributed by atoms with Crippen LogP contribution >= 0.6 is 0 Å². The Balaban J connectivity index is 1.66. The van der Waals surface area contributed by atoms with E-state index >= 15 is 0 Å². The van der Waals surface area contributed by atoms with Gasteiger partial charge in [-0.05, 0) is 105 Å². The Morgan fingerprint density at radius 3 is 1.92 bits per heavy atom. The van der Waals surface area contributed by atoms with E-state index in [9.17, 15) is 0 Å². The van der Waals surface area contributed by atoms with Gasteiger partial charge in [0.25, 0.3) is 0 Å². The summed E-state index contributed by atoms with van der Waals surface area (Å²) in [4.78, 5) is 0. The normalized spacial score (nSPS) is 15.2. The van der Waals surface area contributed by atoms with Gasteiger partial charge in [0.15, 0.2) is 6.20 Å². The molecule has 0 spiro atoms. The molecule has 0 radical (unpaired) electrons. The molecule has 1 heterocycles. The van der Waals surface area contributed by atoms with Crippen molar-refractivity contribution in [2.45, 2.75) is 66.2 Å². The van der Waals surface area contributed by atoms with Crippen LogP contribution in [0.5, 0.6) is 0 Å². The minimum absolute atomic E-state index is 0.0230. The number of pyridine rings is 1. The molecule has 0 saturated carbocycles. The quantitative estimate of drug-likeness (QED) is 0.208. The SMILES string of the molecule is Cc1c[n+](C)c(-c2cc3c(cc2C)-c2c(ccc4ccccc24)C(C)(C)C3(C)C)cc1-c1c(C)cccc1C. The first kappa shape index (κ1) is 25.6. The van der Waals surface area contributed by atoms with Crippen molar-refractivity contribution in [1.82, 2.24) is 0 Å². The van der Waals surface area contributed by atoms with Crippen molar-refractivity contribution in [2.24, 2.45) is 7.05 Å². The molecule has 1 aliphatic carbocycles. The third-order valence-electron chi connectivity index (χ3n) is 9.97. The number of benzene rings is 4. The van der Waals surface area contributed by atoms with E-state index in [4.69, 9.17) is 0 Å². The molecule has 1 nitrogen and oxygen atoms in total. The summed E-state index contributed by atoms with van der Waals surface area (Å²) >= 11 is 0. The number of aryl methyl sites for hydroxylation is 5. The maximum Gasteiger partial charge on any atom is 0.213 e. The molecule has 1 aliphatic rings. The van der Waals surface area contributed by atoms with Gasteiger partial charge in [0, 0.05) is 17.2 Å². The Hall–Kier alpha value is -3.71. The summed E-state index contributed by atoms with van der Waals surface area (Å²) in [5.74, 6) is 0. The van der Waals surface area contributed by atoms with Crippen molar-refractivity contribution in [3.05, 3.63) is 112 Å². The molecule has 0 amide bonds. The largest absolute Gasteiger partial charge is 0.213 e. The number of aromatic nitrogens is 1. The Kier molecular flexibility index (Phi) is 5.67. The van der Waals surface area contributed by atoms with Crippen molar-refractivity contribution in [1.29, 1.82) is 0 Å². The van der Waals surface area contributed by atoms with Crippen LogP contribution in [0.1, 0.15) is 61.1 Å². The second-order valence-corrected chi connectivity index (χ2v) is 12.8. The summed E-state index contributed by atoms with van der Waals surface area (Å²) in [5, 5.41) is 2.66. The van der Waals surface area contributed by atoms with Crippen LogP contribution in [-0.2, 0) is 17.9 Å². The minimum Gasteiger partial charge on any atom is -0.201 e. The van der Waals surface area contributed by atoms with Crippen LogP contribution in [0.25, 0.3) is 44.3 Å². The van der Waals surface area contributed by atoms with E-state index in [0.29, 0.717) is 0 Å². The zero-order valence-corrected chi connectivity index (χ0v) is 25.0. The standard InChI is InChI=1S/C38H40N/c1-23-13-12-14-24(2)35(23)30-21-34(39(9)22-26(30)4)29-20-33-31(19-25(29)3)36-28-16-11-10-15-27(28)17-18-32(36)37(5,6)38(33,7)8/h10-22H,1-9H3/q+1. The number of fused-ring (bicyclic) bond motifs is 5. The Morgan fingerprint density at radius 1 is 0.538 bits per heavy atom. The number of hydrogen-bond donors (Lipinski definition) is 0. The van der Waals surface area contributed by atoms with Crippen molar-refractivity contribution in [3.8, 4) is 33.5 Å². The average Bonchev–Trinajstić information content (AvgIpc) is 2.88. The molecule has 0 bridgehead atoms. The highest BCUT2D eigenvalue weighted by molar-refractivity contribution is 6.01. The summed E-state index contributed by atoms with van der Waals surface area (Å²) < 4.78 is 2.31. The lowest BCUT2D eigenvalue weighted by Crippen LogP contribution is -2.43. The Bertz CT molecular complexity index is 1780. The van der Waals surface area contributed by atoms with E-state index in [1.165, 1.54) is 77.7 Å². The lowest BCUT2D eigenvalue weighted by atomic mass is 9.54. The minimum atomic E-state index is -0.0427. The first-order chi connectivity index (χ1) is 18.4. The third-order valence-corrected chi connectivity index (χ3v) is 9.97. The smallest absolute Gasteiger partial charge is 0.201 e. The van der Waals surface area contributed by atoms with Crippen LogP contribution in [-0.4, -0.2) is 0 Å². The van der Waals surface area contributed by atoms with Gasteiger partial charge in [-0.25, -0.2) is 4.57 Å². The topological polar surface area (TPSA) is 3.88 Å². The fourth-order valence-electron chi connectivity index (χ4n) is 7.02. The van der Waals surface area contributed by atoms with Gasteiger partial charge in [0.1, 0.15) is 7.05 Å². The van der Waals surface area contributed by atoms with Gasteiger partial charge < -0.3 is 0 Å². The van der Waals surface area contributed by atoms with Crippen LogP contribution in [0.2, 0.25) is 0 Å². The number of hydrogen-bond acceptors (Lipinski definition) is 0. The molecule has 0 atom stereocenters. The van der Waals surface area contributed by atoms with Crippen molar-refractivity contribution in [2.75, 3.05) is 0 Å². The van der Waals surface area contributed by atoms with E-state index in [1.807, 2.05) is 0 Å². The highest BCUT2D eigenvalue weighted by Crippen LogP contribution is 2.56. The van der Waals surface area contributed by atoms with Gasteiger partial charge in [0.05, 0.1) is 0 Å². The van der Waals surface area contributed by atoms with E-state index in [2.05, 4.69) is 146 Å². The van der Waals surface area contributed by atoms with Crippen molar-refractivity contribution >= 4 is 10.8 Å². The summed E-state index contributed by atoms with van der Waals surface area (Å²) in [6.45, 7) is 18.7. The van der Waals surface area contributed by atoms with Crippen LogP contribution in [0.3, 0.4) is 0 Å². The molecular formula is C38H40N+. The van der Waals surface area contributed by atoms with Gasteiger partial charge in [-0.1, -0.05) is 88.4 Å². The number of rotatable bonds is 2. The molecule has 6 rings (SSSR count). The molecule has 5 aromatic rings. The van der Waals surface area contributed by atoms with Gasteiger partial charge in [0.2, 0.25) is 5.69 Å². The third kappa shape index (κ3) is 3.63. The van der Waals surface area contributed by atoms with E-state index in [0.717, 1.165) is 0 Å². The molecule has 0 aliphatic heterocycles. The van der Waals surface area contributed by atoms with E-state index < -0.39 is 0 Å². The molecule has 1 heteroatoms. The molecular weight excluding hydrogens is 470 g/mol. The first-order valence-corrected chi connectivity index (χ1v) is 14.2. The molecule has 0 N–H and O–H groups in total. The van der Waals surface area contributed by atoms with Crippen molar-refractivity contribution in [3.63, 3.8) is 0 Å². The average molecular weight is 511 g/mol. The maximum atomic E-state index is 2.51. The highest BCUT2D eigenvalue weighted by Gasteiger charge is 2.46. The molecule has 196 valence electrons.